The monoisotopic (exact) mass is 591 g/mol. The van der Waals surface area contributed by atoms with E-state index in [1.807, 2.05) is 12.7 Å². The molecule has 0 aromatic heterocycles. The van der Waals surface area contributed by atoms with Crippen LogP contribution in [0.3, 0.4) is 0 Å². The molecule has 246 valence electrons. The number of aliphatic hydroxyl groups is 1. The highest BCUT2D eigenvalue weighted by Crippen LogP contribution is 2.73. The van der Waals surface area contributed by atoms with Crippen molar-refractivity contribution < 1.29 is 19.4 Å². The summed E-state index contributed by atoms with van der Waals surface area (Å²) in [6, 6.07) is 0. The van der Waals surface area contributed by atoms with E-state index in [-0.39, 0.29) is 7.43 Å². The van der Waals surface area contributed by atoms with Crippen molar-refractivity contribution in [2.75, 3.05) is 14.2 Å². The molecule has 4 nitrogen and oxygen atoms in total. The molecular formula is C38H70O4. The van der Waals surface area contributed by atoms with E-state index in [0.29, 0.717) is 51.9 Å². The van der Waals surface area contributed by atoms with Gasteiger partial charge in [0.25, 0.3) is 0 Å². The number of allylic oxidation sites excluding steroid dienone is 2. The fraction of sp³-hybridized carbons (Fsp3) is 0.895. The number of hydrogen-bond acceptors (Lipinski definition) is 4. The molecule has 0 aromatic rings. The molecule has 0 spiro atoms. The molecule has 1 N–H and O–H groups in total. The molecule has 0 amide bonds. The zero-order valence-corrected chi connectivity index (χ0v) is 28.8. The number of ether oxygens (including phenoxy) is 1. The standard InChI is InChI=1S/C30H52O.C6H10O2.CH4O.CH4/c1-20-21-13-16-30(9)25(28(21,7)15-14-24(20)31-10)12-11-22-23(19-26(2,3)4)27(5,6)17-18-29(22,30)8;7-5-3-1-2-4-6-8;1-2;/h11,20-21,23-25H,12-19H2,1-10H3;5-6H,1-4H2;2H,1H3;1H4/t20?,21?,23?,24?,25?,28?,29-,30?;;;/m1.../s1. The number of unbranched alkanes of at least 4 members (excludes halogenated alkanes) is 3. The summed E-state index contributed by atoms with van der Waals surface area (Å²) >= 11 is 0. The van der Waals surface area contributed by atoms with E-state index in [9.17, 15) is 9.59 Å². The highest BCUT2D eigenvalue weighted by molar-refractivity contribution is 5.50. The Morgan fingerprint density at radius 1 is 0.929 bits per heavy atom. The maximum absolute atomic E-state index is 9.68. The van der Waals surface area contributed by atoms with Gasteiger partial charge in [-0.3, -0.25) is 0 Å². The van der Waals surface area contributed by atoms with Crippen LogP contribution in [0.5, 0.6) is 0 Å². The molecule has 42 heavy (non-hydrogen) atoms. The summed E-state index contributed by atoms with van der Waals surface area (Å²) in [4.78, 5) is 19.4. The molecule has 0 aromatic carbocycles. The molecule has 0 radical (unpaired) electrons. The van der Waals surface area contributed by atoms with Crippen LogP contribution in [0.1, 0.15) is 147 Å². The van der Waals surface area contributed by atoms with Crippen LogP contribution in [0.15, 0.2) is 11.6 Å². The maximum atomic E-state index is 9.68. The summed E-state index contributed by atoms with van der Waals surface area (Å²) in [7, 11) is 2.94. The second kappa shape index (κ2) is 15.3. The molecule has 4 aliphatic carbocycles. The number of rotatable bonds is 7. The molecule has 4 rings (SSSR count). The zero-order chi connectivity index (χ0) is 31.3. The molecule has 4 aliphatic rings. The zero-order valence-electron chi connectivity index (χ0n) is 28.8. The first-order valence-electron chi connectivity index (χ1n) is 16.7. The van der Waals surface area contributed by atoms with Crippen molar-refractivity contribution in [1.82, 2.24) is 0 Å². The first-order valence-corrected chi connectivity index (χ1v) is 16.7. The second-order valence-electron chi connectivity index (χ2n) is 16.4. The van der Waals surface area contributed by atoms with Gasteiger partial charge in [0.05, 0.1) is 6.10 Å². The van der Waals surface area contributed by atoms with Gasteiger partial charge in [-0.15, -0.1) is 0 Å². The van der Waals surface area contributed by atoms with Crippen LogP contribution in [0.4, 0.5) is 0 Å². The van der Waals surface area contributed by atoms with Crippen LogP contribution >= 0.6 is 0 Å². The van der Waals surface area contributed by atoms with Crippen LogP contribution in [0, 0.1) is 50.7 Å². The lowest BCUT2D eigenvalue weighted by molar-refractivity contribution is -0.180. The Hall–Kier alpha value is -1.00. The van der Waals surface area contributed by atoms with Crippen LogP contribution in [-0.4, -0.2) is 38.0 Å². The average molecular weight is 591 g/mol. The summed E-state index contributed by atoms with van der Waals surface area (Å²) in [5, 5.41) is 7.00. The van der Waals surface area contributed by atoms with Gasteiger partial charge >= 0.3 is 0 Å². The third-order valence-corrected chi connectivity index (χ3v) is 12.6. The first kappa shape index (κ1) is 39.0. The Morgan fingerprint density at radius 2 is 1.50 bits per heavy atom. The molecule has 8 atom stereocenters. The summed E-state index contributed by atoms with van der Waals surface area (Å²) < 4.78 is 5.94. The van der Waals surface area contributed by atoms with Crippen LogP contribution in [-0.2, 0) is 14.3 Å². The maximum Gasteiger partial charge on any atom is 0.119 e. The Morgan fingerprint density at radius 3 is 2.00 bits per heavy atom. The van der Waals surface area contributed by atoms with Crippen molar-refractivity contribution in [2.24, 2.45) is 50.7 Å². The number of carbonyl (C=O) groups excluding carboxylic acids is 2. The largest absolute Gasteiger partial charge is 0.400 e. The highest BCUT2D eigenvalue weighted by atomic mass is 16.5. The van der Waals surface area contributed by atoms with E-state index in [1.165, 1.54) is 51.4 Å². The van der Waals surface area contributed by atoms with Crippen molar-refractivity contribution in [2.45, 2.75) is 153 Å². The van der Waals surface area contributed by atoms with Gasteiger partial charge < -0.3 is 19.4 Å². The lowest BCUT2D eigenvalue weighted by Crippen LogP contribution is -2.62. The number of hydrogen-bond donors (Lipinski definition) is 1. The first-order chi connectivity index (χ1) is 19.1. The van der Waals surface area contributed by atoms with Gasteiger partial charge in [0, 0.05) is 27.1 Å². The lowest BCUT2D eigenvalue weighted by atomic mass is 9.35. The Bertz CT molecular complexity index is 874. The van der Waals surface area contributed by atoms with Gasteiger partial charge in [-0.05, 0) is 115 Å². The van der Waals surface area contributed by atoms with Crippen molar-refractivity contribution in [3.63, 3.8) is 0 Å². The van der Waals surface area contributed by atoms with Crippen molar-refractivity contribution in [1.29, 1.82) is 0 Å². The normalized spacial score (nSPS) is 38.3. The topological polar surface area (TPSA) is 63.6 Å². The minimum atomic E-state index is 0. The number of fused-ring (bicyclic) bond motifs is 5. The van der Waals surface area contributed by atoms with Gasteiger partial charge in [-0.2, -0.15) is 0 Å². The molecule has 0 heterocycles. The summed E-state index contributed by atoms with van der Waals surface area (Å²) in [6.45, 7) is 23.1. The number of aldehydes is 2. The third-order valence-electron chi connectivity index (χ3n) is 12.6. The predicted molar refractivity (Wildman–Crippen MR) is 178 cm³/mol. The second-order valence-corrected chi connectivity index (χ2v) is 16.4. The van der Waals surface area contributed by atoms with E-state index in [1.54, 1.807) is 0 Å². The Labute approximate surface area is 261 Å². The molecule has 7 unspecified atom stereocenters. The van der Waals surface area contributed by atoms with Gasteiger partial charge in [0.1, 0.15) is 12.6 Å². The van der Waals surface area contributed by atoms with E-state index in [0.717, 1.165) is 50.3 Å². The molecule has 0 aliphatic heterocycles. The SMILES string of the molecule is C.CO.COC1CCC2(C)C(CCC3(C)C2CC=C2C(CC(C)(C)C)C(C)(C)CC[C@]23C)C1C.O=CCCCCC=O. The molecule has 0 saturated heterocycles. The quantitative estimate of drug-likeness (QED) is 0.182. The molecular weight excluding hydrogens is 520 g/mol. The fourth-order valence-corrected chi connectivity index (χ4v) is 10.0. The van der Waals surface area contributed by atoms with Gasteiger partial charge in [-0.25, -0.2) is 0 Å². The smallest absolute Gasteiger partial charge is 0.119 e. The van der Waals surface area contributed by atoms with E-state index < -0.39 is 0 Å². The van der Waals surface area contributed by atoms with Gasteiger partial charge in [0.2, 0.25) is 0 Å². The Kier molecular flexibility index (Phi) is 14.2. The van der Waals surface area contributed by atoms with Crippen molar-refractivity contribution in [3.8, 4) is 0 Å². The van der Waals surface area contributed by atoms with Gasteiger partial charge in [-0.1, -0.05) is 81.4 Å². The average Bonchev–Trinajstić information content (AvgIpc) is 2.90. The van der Waals surface area contributed by atoms with Crippen LogP contribution in [0.2, 0.25) is 0 Å². The van der Waals surface area contributed by atoms with E-state index in [2.05, 4.69) is 68.4 Å². The molecule has 3 fully saturated rings. The predicted octanol–water partition coefficient (Wildman–Crippen LogP) is 9.87. The fourth-order valence-electron chi connectivity index (χ4n) is 10.0. The van der Waals surface area contributed by atoms with Gasteiger partial charge in [0.15, 0.2) is 0 Å². The Balaban J connectivity index is 0.000000698. The number of carbonyl (C=O) groups is 2. The summed E-state index contributed by atoms with van der Waals surface area (Å²) in [5.74, 6) is 3.08. The van der Waals surface area contributed by atoms with Crippen LogP contribution < -0.4 is 0 Å². The summed E-state index contributed by atoms with van der Waals surface area (Å²) in [6.07, 6.45) is 18.7. The van der Waals surface area contributed by atoms with Crippen molar-refractivity contribution in [3.05, 3.63) is 11.6 Å². The minimum Gasteiger partial charge on any atom is -0.400 e. The van der Waals surface area contributed by atoms with E-state index in [4.69, 9.17) is 9.84 Å². The van der Waals surface area contributed by atoms with E-state index >= 15 is 0 Å². The minimum absolute atomic E-state index is 0. The number of aliphatic hydroxyl groups excluding tert-OH is 1. The van der Waals surface area contributed by atoms with Crippen LogP contribution in [0.25, 0.3) is 0 Å². The molecule has 3 saturated carbocycles. The molecule has 4 heteroatoms. The van der Waals surface area contributed by atoms with Crippen molar-refractivity contribution >= 4 is 12.6 Å². The highest BCUT2D eigenvalue weighted by Gasteiger charge is 2.65. The summed E-state index contributed by atoms with van der Waals surface area (Å²) in [5.41, 5.74) is 3.95. The lowest BCUT2D eigenvalue weighted by Gasteiger charge is -2.69. The number of methoxy groups -OCH3 is 1. The third kappa shape index (κ3) is 7.61. The molecule has 0 bridgehead atoms.